The number of ether oxygens (including phenoxy) is 1. The summed E-state index contributed by atoms with van der Waals surface area (Å²) in [7, 11) is 1.73. The second kappa shape index (κ2) is 6.55. The molecule has 110 valence electrons. The molecule has 20 heavy (non-hydrogen) atoms. The lowest BCUT2D eigenvalue weighted by atomic mass is 9.81. The fraction of sp³-hybridized carbons (Fsp3) is 0.500. The van der Waals surface area contributed by atoms with Crippen LogP contribution in [0, 0.1) is 0 Å². The number of hydrogen-bond acceptors (Lipinski definition) is 3. The zero-order valence-corrected chi connectivity index (χ0v) is 12.9. The van der Waals surface area contributed by atoms with E-state index in [9.17, 15) is 9.59 Å². The van der Waals surface area contributed by atoms with Gasteiger partial charge in [-0.1, -0.05) is 13.8 Å². The Morgan fingerprint density at radius 3 is 2.55 bits per heavy atom. The van der Waals surface area contributed by atoms with E-state index in [1.54, 1.807) is 11.9 Å². The Bertz CT molecular complexity index is 498. The lowest BCUT2D eigenvalue weighted by Gasteiger charge is -2.20. The summed E-state index contributed by atoms with van der Waals surface area (Å²) < 4.78 is 5.45. The van der Waals surface area contributed by atoms with Crippen molar-refractivity contribution in [2.75, 3.05) is 18.6 Å². The molecule has 1 aromatic carbocycles. The lowest BCUT2D eigenvalue weighted by Crippen LogP contribution is -2.36. The summed E-state index contributed by atoms with van der Waals surface area (Å²) in [6, 6.07) is 5.58. The van der Waals surface area contributed by atoms with Gasteiger partial charge in [-0.3, -0.25) is 4.79 Å². The summed E-state index contributed by atoms with van der Waals surface area (Å²) in [6.07, 6.45) is 0.993. The molecule has 0 radical (unpaired) electrons. The van der Waals surface area contributed by atoms with Gasteiger partial charge >= 0.3 is 0 Å². The molecule has 1 aliphatic rings. The van der Waals surface area contributed by atoms with Gasteiger partial charge in [0.2, 0.25) is 5.91 Å². The van der Waals surface area contributed by atoms with E-state index < -0.39 is 5.41 Å². The standard InChI is InChI=1S/C14H17NO3.C2H6/c1-4-18-10-5-6-12-11(9-10)14(2,7-8-16)13(17)15(12)3;1-2/h5-6,8-9H,4,7H2,1-3H3;1-2H3. The molecule has 4 nitrogen and oxygen atoms in total. The predicted octanol–water partition coefficient (Wildman–Crippen LogP) is 2.93. The Morgan fingerprint density at radius 1 is 1.35 bits per heavy atom. The monoisotopic (exact) mass is 277 g/mol. The number of fused-ring (bicyclic) bond motifs is 1. The molecular weight excluding hydrogens is 254 g/mol. The summed E-state index contributed by atoms with van der Waals surface area (Å²) in [5, 5.41) is 0. The number of benzene rings is 1. The quantitative estimate of drug-likeness (QED) is 0.795. The van der Waals surface area contributed by atoms with Gasteiger partial charge in [0, 0.05) is 19.2 Å². The van der Waals surface area contributed by atoms with E-state index in [0.717, 1.165) is 23.3 Å². The Hall–Kier alpha value is -1.84. The van der Waals surface area contributed by atoms with Crippen molar-refractivity contribution < 1.29 is 14.3 Å². The van der Waals surface area contributed by atoms with Crippen molar-refractivity contribution in [3.8, 4) is 5.75 Å². The molecule has 0 saturated heterocycles. The highest BCUT2D eigenvalue weighted by molar-refractivity contribution is 6.08. The van der Waals surface area contributed by atoms with Crippen LogP contribution in [0.1, 0.15) is 39.7 Å². The van der Waals surface area contributed by atoms with Crippen molar-refractivity contribution in [1.82, 2.24) is 0 Å². The summed E-state index contributed by atoms with van der Waals surface area (Å²) in [6.45, 7) is 8.30. The van der Waals surface area contributed by atoms with Crippen molar-refractivity contribution >= 4 is 17.9 Å². The molecule has 0 saturated carbocycles. The number of carbonyl (C=O) groups excluding carboxylic acids is 2. The number of anilines is 1. The van der Waals surface area contributed by atoms with Crippen LogP contribution < -0.4 is 9.64 Å². The first-order chi connectivity index (χ1) is 9.54. The molecule has 1 aromatic rings. The molecule has 1 aliphatic heterocycles. The predicted molar refractivity (Wildman–Crippen MR) is 80.4 cm³/mol. The van der Waals surface area contributed by atoms with Crippen LogP contribution in [-0.2, 0) is 15.0 Å². The maximum Gasteiger partial charge on any atom is 0.237 e. The molecule has 1 atom stereocenters. The van der Waals surface area contributed by atoms with Crippen LogP contribution in [0.2, 0.25) is 0 Å². The topological polar surface area (TPSA) is 46.6 Å². The maximum atomic E-state index is 12.3. The van der Waals surface area contributed by atoms with Gasteiger partial charge in [0.1, 0.15) is 12.0 Å². The van der Waals surface area contributed by atoms with E-state index in [0.29, 0.717) is 6.61 Å². The third kappa shape index (κ3) is 2.55. The van der Waals surface area contributed by atoms with Crippen molar-refractivity contribution in [2.24, 2.45) is 0 Å². The third-order valence-electron chi connectivity index (χ3n) is 3.50. The van der Waals surface area contributed by atoms with Gasteiger partial charge in [-0.25, -0.2) is 0 Å². The second-order valence-electron chi connectivity index (χ2n) is 4.68. The van der Waals surface area contributed by atoms with Crippen LogP contribution in [0.15, 0.2) is 18.2 Å². The number of hydrogen-bond donors (Lipinski definition) is 0. The van der Waals surface area contributed by atoms with Gasteiger partial charge in [0.05, 0.1) is 12.0 Å². The minimum atomic E-state index is -0.765. The molecule has 0 N–H and O–H groups in total. The molecule has 1 amide bonds. The van der Waals surface area contributed by atoms with Gasteiger partial charge < -0.3 is 14.4 Å². The van der Waals surface area contributed by atoms with Crippen LogP contribution in [-0.4, -0.2) is 25.8 Å². The molecule has 0 bridgehead atoms. The Labute approximate surface area is 120 Å². The van der Waals surface area contributed by atoms with Gasteiger partial charge in [0.25, 0.3) is 0 Å². The average molecular weight is 277 g/mol. The summed E-state index contributed by atoms with van der Waals surface area (Å²) in [5.74, 6) is 0.690. The summed E-state index contributed by atoms with van der Waals surface area (Å²) in [4.78, 5) is 24.7. The van der Waals surface area contributed by atoms with Gasteiger partial charge in [-0.05, 0) is 37.6 Å². The first kappa shape index (κ1) is 16.2. The largest absolute Gasteiger partial charge is 0.494 e. The van der Waals surface area contributed by atoms with Crippen molar-refractivity contribution in [3.05, 3.63) is 23.8 Å². The number of carbonyl (C=O) groups is 2. The molecule has 4 heteroatoms. The van der Waals surface area contributed by atoms with Gasteiger partial charge in [0.15, 0.2) is 0 Å². The Morgan fingerprint density at radius 2 is 2.00 bits per heavy atom. The third-order valence-corrected chi connectivity index (χ3v) is 3.50. The van der Waals surface area contributed by atoms with Gasteiger partial charge in [-0.2, -0.15) is 0 Å². The van der Waals surface area contributed by atoms with Crippen LogP contribution in [0.25, 0.3) is 0 Å². The number of rotatable bonds is 4. The molecular formula is C16H23NO3. The first-order valence-electron chi connectivity index (χ1n) is 7.03. The Balaban J connectivity index is 0.000000956. The smallest absolute Gasteiger partial charge is 0.237 e. The van der Waals surface area contributed by atoms with E-state index in [2.05, 4.69) is 0 Å². The highest BCUT2D eigenvalue weighted by Crippen LogP contribution is 2.44. The molecule has 0 spiro atoms. The van der Waals surface area contributed by atoms with Crippen LogP contribution in [0.5, 0.6) is 5.75 Å². The molecule has 1 heterocycles. The van der Waals surface area contributed by atoms with Crippen LogP contribution in [0.4, 0.5) is 5.69 Å². The first-order valence-corrected chi connectivity index (χ1v) is 7.03. The van der Waals surface area contributed by atoms with E-state index in [1.807, 2.05) is 45.9 Å². The maximum absolute atomic E-state index is 12.3. The minimum absolute atomic E-state index is 0.0433. The van der Waals surface area contributed by atoms with E-state index in [4.69, 9.17) is 4.74 Å². The fourth-order valence-electron chi connectivity index (χ4n) is 2.46. The van der Waals surface area contributed by atoms with E-state index in [-0.39, 0.29) is 12.3 Å². The molecule has 0 aromatic heterocycles. The summed E-state index contributed by atoms with van der Waals surface area (Å²) in [5.41, 5.74) is 0.958. The second-order valence-corrected chi connectivity index (χ2v) is 4.68. The van der Waals surface area contributed by atoms with E-state index in [1.165, 1.54) is 0 Å². The Kier molecular flexibility index (Phi) is 5.31. The van der Waals surface area contributed by atoms with Crippen molar-refractivity contribution in [3.63, 3.8) is 0 Å². The molecule has 0 fully saturated rings. The fourth-order valence-corrected chi connectivity index (χ4v) is 2.46. The highest BCUT2D eigenvalue weighted by atomic mass is 16.5. The minimum Gasteiger partial charge on any atom is -0.494 e. The number of nitrogens with zero attached hydrogens (tertiary/aromatic N) is 1. The zero-order chi connectivity index (χ0) is 15.3. The SMILES string of the molecule is CC.CCOc1ccc2c(c1)C(C)(CC=O)C(=O)N2C. The van der Waals surface area contributed by atoms with E-state index >= 15 is 0 Å². The number of aldehydes is 1. The van der Waals surface area contributed by atoms with Crippen molar-refractivity contribution in [2.45, 2.75) is 39.5 Å². The van der Waals surface area contributed by atoms with Gasteiger partial charge in [-0.15, -0.1) is 0 Å². The summed E-state index contributed by atoms with van der Waals surface area (Å²) >= 11 is 0. The number of amides is 1. The average Bonchev–Trinajstić information content (AvgIpc) is 2.64. The molecule has 2 rings (SSSR count). The molecule has 0 aliphatic carbocycles. The number of likely N-dealkylation sites (N-methyl/N-ethyl adjacent to an activating group) is 1. The lowest BCUT2D eigenvalue weighted by molar-refractivity contribution is -0.124. The molecule has 1 unspecified atom stereocenters. The van der Waals surface area contributed by atoms with Crippen molar-refractivity contribution in [1.29, 1.82) is 0 Å². The van der Waals surface area contributed by atoms with Crippen LogP contribution >= 0.6 is 0 Å². The van der Waals surface area contributed by atoms with Crippen LogP contribution in [0.3, 0.4) is 0 Å². The zero-order valence-electron chi connectivity index (χ0n) is 12.9. The highest BCUT2D eigenvalue weighted by Gasteiger charge is 2.45. The normalized spacial score (nSPS) is 20.1.